The molecule has 2 aromatic heterocycles. The molecule has 0 fully saturated rings. The molecule has 2 N–H and O–H groups in total. The summed E-state index contributed by atoms with van der Waals surface area (Å²) in [5, 5.41) is 5.55. The minimum absolute atomic E-state index is 0.379. The van der Waals surface area contributed by atoms with Gasteiger partial charge in [0.15, 0.2) is 11.5 Å². The molecule has 0 spiro atoms. The van der Waals surface area contributed by atoms with Crippen LogP contribution in [-0.2, 0) is 0 Å². The average molecular weight is 430 g/mol. The molecule has 160 valence electrons. The van der Waals surface area contributed by atoms with Crippen LogP contribution in [0.4, 0.5) is 16.2 Å². The number of aromatic nitrogens is 4. The molecule has 0 saturated heterocycles. The van der Waals surface area contributed by atoms with E-state index in [0.717, 1.165) is 0 Å². The van der Waals surface area contributed by atoms with E-state index in [1.54, 1.807) is 71.8 Å². The van der Waals surface area contributed by atoms with E-state index in [-0.39, 0.29) is 6.03 Å². The van der Waals surface area contributed by atoms with Crippen molar-refractivity contribution in [3.8, 4) is 28.9 Å². The number of carbonyl (C=O) groups is 1. The van der Waals surface area contributed by atoms with E-state index in [0.29, 0.717) is 53.5 Å². The number of rotatable bonds is 5. The van der Waals surface area contributed by atoms with Crippen molar-refractivity contribution in [2.24, 2.45) is 0 Å². The van der Waals surface area contributed by atoms with Crippen molar-refractivity contribution >= 4 is 17.4 Å². The van der Waals surface area contributed by atoms with Gasteiger partial charge in [-0.25, -0.2) is 19.7 Å². The number of imidazole rings is 1. The van der Waals surface area contributed by atoms with E-state index in [4.69, 9.17) is 14.2 Å². The predicted molar refractivity (Wildman–Crippen MR) is 116 cm³/mol. The Kier molecular flexibility index (Phi) is 5.23. The number of nitrogens with one attached hydrogen (secondary N) is 2. The van der Waals surface area contributed by atoms with E-state index >= 15 is 0 Å². The summed E-state index contributed by atoms with van der Waals surface area (Å²) in [6.45, 7) is 1.000. The number of benzene rings is 2. The van der Waals surface area contributed by atoms with Crippen LogP contribution < -0.4 is 24.8 Å². The number of nitrogens with zero attached hydrogens (tertiary/aromatic N) is 4. The molecule has 10 nitrogen and oxygen atoms in total. The van der Waals surface area contributed by atoms with E-state index < -0.39 is 0 Å². The molecule has 5 rings (SSSR count). The quantitative estimate of drug-likeness (QED) is 0.494. The summed E-state index contributed by atoms with van der Waals surface area (Å²) in [5.41, 5.74) is 1.21. The second kappa shape index (κ2) is 8.64. The lowest BCUT2D eigenvalue weighted by molar-refractivity contribution is 0.171. The maximum Gasteiger partial charge on any atom is 0.323 e. The normalized spacial score (nSPS) is 12.1. The molecule has 0 saturated carbocycles. The maximum absolute atomic E-state index is 12.3. The lowest BCUT2D eigenvalue weighted by Gasteiger charge is -2.19. The van der Waals surface area contributed by atoms with Gasteiger partial charge >= 0.3 is 6.03 Å². The summed E-state index contributed by atoms with van der Waals surface area (Å²) >= 11 is 0. The molecule has 2 aromatic carbocycles. The van der Waals surface area contributed by atoms with E-state index in [2.05, 4.69) is 25.6 Å². The van der Waals surface area contributed by atoms with Crippen molar-refractivity contribution in [1.82, 2.24) is 19.5 Å². The van der Waals surface area contributed by atoms with Gasteiger partial charge in [-0.05, 0) is 36.4 Å². The van der Waals surface area contributed by atoms with Gasteiger partial charge in [-0.1, -0.05) is 0 Å². The molecule has 10 heteroatoms. The van der Waals surface area contributed by atoms with Crippen molar-refractivity contribution in [2.75, 3.05) is 23.8 Å². The highest BCUT2D eigenvalue weighted by molar-refractivity contribution is 5.99. The van der Waals surface area contributed by atoms with Gasteiger partial charge in [-0.3, -0.25) is 4.57 Å². The molecule has 0 bridgehead atoms. The number of hydrogen-bond donors (Lipinski definition) is 2. The molecular formula is C22H18N6O4. The Hall–Kier alpha value is -4.60. The van der Waals surface area contributed by atoms with Gasteiger partial charge in [0, 0.05) is 35.9 Å². The van der Waals surface area contributed by atoms with E-state index in [9.17, 15) is 4.79 Å². The predicted octanol–water partition coefficient (Wildman–Crippen LogP) is 3.87. The lowest BCUT2D eigenvalue weighted by Crippen LogP contribution is -2.20. The highest BCUT2D eigenvalue weighted by atomic mass is 16.6. The molecule has 2 amide bonds. The summed E-state index contributed by atoms with van der Waals surface area (Å²) in [4.78, 5) is 24.6. The van der Waals surface area contributed by atoms with Crippen LogP contribution in [0.1, 0.15) is 0 Å². The Morgan fingerprint density at radius 1 is 0.938 bits per heavy atom. The first-order valence-corrected chi connectivity index (χ1v) is 9.79. The van der Waals surface area contributed by atoms with Gasteiger partial charge in [-0.15, -0.1) is 0 Å². The number of amides is 2. The Labute approximate surface area is 182 Å². The number of hydrogen-bond acceptors (Lipinski definition) is 7. The highest BCUT2D eigenvalue weighted by Crippen LogP contribution is 2.32. The number of ether oxygens (including phenoxy) is 3. The fraction of sp³-hybridized carbons (Fsp3) is 0.0909. The van der Waals surface area contributed by atoms with Crippen LogP contribution >= 0.6 is 0 Å². The first-order valence-electron chi connectivity index (χ1n) is 9.79. The van der Waals surface area contributed by atoms with Crippen LogP contribution in [0.2, 0.25) is 0 Å². The molecule has 1 aliphatic heterocycles. The van der Waals surface area contributed by atoms with Crippen molar-refractivity contribution in [2.45, 2.75) is 0 Å². The Morgan fingerprint density at radius 3 is 2.53 bits per heavy atom. The van der Waals surface area contributed by atoms with Crippen LogP contribution in [0.15, 0.2) is 73.6 Å². The third kappa shape index (κ3) is 4.43. The van der Waals surface area contributed by atoms with Crippen LogP contribution in [0, 0.1) is 0 Å². The van der Waals surface area contributed by atoms with Gasteiger partial charge < -0.3 is 24.8 Å². The summed E-state index contributed by atoms with van der Waals surface area (Å²) in [6.07, 6.45) is 6.51. The Balaban J connectivity index is 1.20. The first kappa shape index (κ1) is 19.4. The second-order valence-electron chi connectivity index (χ2n) is 6.75. The van der Waals surface area contributed by atoms with Gasteiger partial charge in [-0.2, -0.15) is 0 Å². The lowest BCUT2D eigenvalue weighted by atomic mass is 10.2. The van der Waals surface area contributed by atoms with Gasteiger partial charge in [0.25, 0.3) is 0 Å². The fourth-order valence-corrected chi connectivity index (χ4v) is 3.06. The van der Waals surface area contributed by atoms with E-state index in [1.807, 2.05) is 0 Å². The number of fused-ring (bicyclic) bond motifs is 1. The monoisotopic (exact) mass is 430 g/mol. The second-order valence-corrected chi connectivity index (χ2v) is 6.75. The van der Waals surface area contributed by atoms with Gasteiger partial charge in [0.1, 0.15) is 37.4 Å². The van der Waals surface area contributed by atoms with E-state index in [1.165, 1.54) is 6.33 Å². The smallest absolute Gasteiger partial charge is 0.323 e. The Morgan fingerprint density at radius 2 is 1.72 bits per heavy atom. The van der Waals surface area contributed by atoms with Crippen LogP contribution in [0.3, 0.4) is 0 Å². The summed E-state index contributed by atoms with van der Waals surface area (Å²) in [6, 6.07) is 13.5. The molecule has 0 unspecified atom stereocenters. The van der Waals surface area contributed by atoms with Crippen molar-refractivity contribution < 1.29 is 19.0 Å². The van der Waals surface area contributed by atoms with Crippen molar-refractivity contribution in [3.05, 3.63) is 73.6 Å². The highest BCUT2D eigenvalue weighted by Gasteiger charge is 2.13. The zero-order chi connectivity index (χ0) is 21.8. The SMILES string of the molecule is O=C(Nc1ccc(Oc2cc(-n3ccnc3)ncn2)cc1)Nc1ccc2c(c1)OCCO2. The molecule has 1 aliphatic rings. The maximum atomic E-state index is 12.3. The number of carbonyl (C=O) groups excluding carboxylic acids is 1. The average Bonchev–Trinajstić information content (AvgIpc) is 3.36. The zero-order valence-corrected chi connectivity index (χ0v) is 16.8. The minimum Gasteiger partial charge on any atom is -0.486 e. The fourth-order valence-electron chi connectivity index (χ4n) is 3.06. The largest absolute Gasteiger partial charge is 0.486 e. The summed E-state index contributed by atoms with van der Waals surface area (Å²) in [5.74, 6) is 2.87. The molecule has 0 atom stereocenters. The molecule has 4 aromatic rings. The third-order valence-electron chi connectivity index (χ3n) is 4.53. The van der Waals surface area contributed by atoms with Crippen molar-refractivity contribution in [3.63, 3.8) is 0 Å². The standard InChI is InChI=1S/C22H18N6O4/c29-22(27-16-3-6-18-19(11-16)31-10-9-30-18)26-15-1-4-17(5-2-15)32-21-12-20(24-13-25-21)28-8-7-23-14-28/h1-8,11-14H,9-10H2,(H2,26,27,29). The first-order chi connectivity index (χ1) is 15.7. The number of anilines is 2. The van der Waals surface area contributed by atoms with Gasteiger partial charge in [0.05, 0.1) is 0 Å². The minimum atomic E-state index is -0.379. The van der Waals surface area contributed by atoms with Crippen LogP contribution in [-0.4, -0.2) is 38.8 Å². The summed E-state index contributed by atoms with van der Waals surface area (Å²) < 4.78 is 18.5. The van der Waals surface area contributed by atoms with Crippen molar-refractivity contribution in [1.29, 1.82) is 0 Å². The molecule has 32 heavy (non-hydrogen) atoms. The summed E-state index contributed by atoms with van der Waals surface area (Å²) in [7, 11) is 0. The van der Waals surface area contributed by atoms with Crippen LogP contribution in [0.25, 0.3) is 5.82 Å². The topological polar surface area (TPSA) is 112 Å². The zero-order valence-electron chi connectivity index (χ0n) is 16.8. The number of urea groups is 1. The molecular weight excluding hydrogens is 412 g/mol. The molecule has 0 aliphatic carbocycles. The molecule has 3 heterocycles. The van der Waals surface area contributed by atoms with Gasteiger partial charge in [0.2, 0.25) is 5.88 Å². The molecule has 0 radical (unpaired) electrons. The Bertz CT molecular complexity index is 1230. The third-order valence-corrected chi connectivity index (χ3v) is 4.53. The van der Waals surface area contributed by atoms with Crippen LogP contribution in [0.5, 0.6) is 23.1 Å².